The maximum absolute atomic E-state index is 13.4. The fourth-order valence-corrected chi connectivity index (χ4v) is 5.09. The normalized spacial score (nSPS) is 33.4. The second-order valence-corrected chi connectivity index (χ2v) is 9.62. The number of aromatic hydroxyl groups is 2. The van der Waals surface area contributed by atoms with Crippen molar-refractivity contribution in [3.63, 3.8) is 0 Å². The fraction of sp³-hybridized carbons (Fsp3) is 0.423. The molecule has 9 atom stereocenters. The van der Waals surface area contributed by atoms with Crippen LogP contribution in [0.5, 0.6) is 11.5 Å². The number of ether oxygens (including phenoxy) is 2. The smallest absolute Gasteiger partial charge is 0.197 e. The number of aliphatic hydroxyl groups is 7. The molecule has 1 aromatic heterocycles. The summed E-state index contributed by atoms with van der Waals surface area (Å²) >= 11 is 0. The van der Waals surface area contributed by atoms with E-state index >= 15 is 0 Å². The van der Waals surface area contributed by atoms with Gasteiger partial charge in [0.1, 0.15) is 77.6 Å². The largest absolute Gasteiger partial charge is 0.507 e. The first-order chi connectivity index (χ1) is 18.6. The zero-order valence-corrected chi connectivity index (χ0v) is 20.2. The van der Waals surface area contributed by atoms with Crippen molar-refractivity contribution >= 4 is 11.0 Å². The van der Waals surface area contributed by atoms with Gasteiger partial charge in [-0.05, 0) is 0 Å². The molecule has 13 heteroatoms. The van der Waals surface area contributed by atoms with Gasteiger partial charge in [0.15, 0.2) is 11.0 Å². The number of phenolic OH excluding ortho intramolecular Hbond substituents is 2. The molecule has 0 unspecified atom stereocenters. The number of hydrogen-bond donors (Lipinski definition) is 9. The minimum absolute atomic E-state index is 0.0120. The molecule has 13 nitrogen and oxygen atoms in total. The van der Waals surface area contributed by atoms with Gasteiger partial charge in [-0.2, -0.15) is 0 Å². The molecule has 0 bridgehead atoms. The van der Waals surface area contributed by atoms with Gasteiger partial charge in [0.25, 0.3) is 0 Å². The first kappa shape index (κ1) is 27.5. The third-order valence-corrected chi connectivity index (χ3v) is 7.21. The van der Waals surface area contributed by atoms with Crippen molar-refractivity contribution in [3.8, 4) is 22.8 Å². The summed E-state index contributed by atoms with van der Waals surface area (Å²) in [5, 5.41) is 94.0. The third kappa shape index (κ3) is 4.47. The molecular weight excluding hydrogens is 520 g/mol. The highest BCUT2D eigenvalue weighted by Crippen LogP contribution is 2.50. The molecule has 210 valence electrons. The number of phenols is 2. The third-order valence-electron chi connectivity index (χ3n) is 7.21. The van der Waals surface area contributed by atoms with Crippen LogP contribution in [0.25, 0.3) is 22.3 Å². The Labute approximate surface area is 220 Å². The lowest BCUT2D eigenvalue weighted by Gasteiger charge is -2.41. The summed E-state index contributed by atoms with van der Waals surface area (Å²) in [6, 6.07) is 9.42. The van der Waals surface area contributed by atoms with Gasteiger partial charge < -0.3 is 59.8 Å². The number of hydrogen-bond acceptors (Lipinski definition) is 13. The van der Waals surface area contributed by atoms with Crippen LogP contribution in [0.15, 0.2) is 45.6 Å². The molecule has 2 aliphatic heterocycles. The molecule has 5 rings (SSSR count). The summed E-state index contributed by atoms with van der Waals surface area (Å²) in [4.78, 5) is 13.4. The average molecular weight is 548 g/mol. The first-order valence-corrected chi connectivity index (χ1v) is 12.1. The standard InChI is InChI=1S/C26H28O13/c27-7-13-18(31)21(34)23(36)26(39-13)16-20(33)15(25-22(35)17(30)11(29)8-37-25)19(32)14-10(28)6-12(38-24(14)16)9-4-2-1-3-5-9/h1-6,11,13,17-18,21-23,25-27,29-36H,7-8H2/t11-,13+,17-,18+,21-,22+,23+,25-,26-/m1/s1. The molecular formula is C26H28O13. The van der Waals surface area contributed by atoms with E-state index in [4.69, 9.17) is 13.9 Å². The number of benzene rings is 2. The lowest BCUT2D eigenvalue weighted by molar-refractivity contribution is -0.231. The summed E-state index contributed by atoms with van der Waals surface area (Å²) in [5.74, 6) is -1.74. The van der Waals surface area contributed by atoms with E-state index in [-0.39, 0.29) is 5.76 Å². The van der Waals surface area contributed by atoms with E-state index in [1.165, 1.54) is 0 Å². The average Bonchev–Trinajstić information content (AvgIpc) is 2.93. The van der Waals surface area contributed by atoms with Crippen LogP contribution in [0.2, 0.25) is 0 Å². The highest BCUT2D eigenvalue weighted by atomic mass is 16.5. The van der Waals surface area contributed by atoms with Crippen molar-refractivity contribution in [1.82, 2.24) is 0 Å². The molecule has 0 aliphatic carbocycles. The number of fused-ring (bicyclic) bond motifs is 1. The van der Waals surface area contributed by atoms with Crippen molar-refractivity contribution in [3.05, 3.63) is 57.7 Å². The molecule has 9 N–H and O–H groups in total. The zero-order chi connectivity index (χ0) is 28.2. The van der Waals surface area contributed by atoms with Crippen molar-refractivity contribution in [2.45, 2.75) is 54.9 Å². The van der Waals surface area contributed by atoms with Gasteiger partial charge in [0, 0.05) is 11.6 Å². The van der Waals surface area contributed by atoms with Crippen LogP contribution in [0.4, 0.5) is 0 Å². The lowest BCUT2D eigenvalue weighted by atomic mass is 9.85. The SMILES string of the molecule is O=c1cc(-c2ccccc2)oc2c([C@H]3O[C@@H](CO)[C@H](O)[C@@H](O)[C@@H]3O)c(O)c([C@H]3OC[C@@H](O)[C@@H](O)[C@@H]3O)c(O)c12. The van der Waals surface area contributed by atoms with E-state index in [0.29, 0.717) is 5.56 Å². The predicted octanol–water partition coefficient (Wildman–Crippen LogP) is -1.46. The van der Waals surface area contributed by atoms with E-state index in [1.807, 2.05) is 0 Å². The minimum Gasteiger partial charge on any atom is -0.507 e. The summed E-state index contributed by atoms with van der Waals surface area (Å²) < 4.78 is 17.0. The molecule has 3 heterocycles. The van der Waals surface area contributed by atoms with Gasteiger partial charge >= 0.3 is 0 Å². The highest BCUT2D eigenvalue weighted by Gasteiger charge is 2.48. The summed E-state index contributed by atoms with van der Waals surface area (Å²) in [5.41, 5.74) is -1.84. The highest BCUT2D eigenvalue weighted by molar-refractivity contribution is 5.91. The fourth-order valence-electron chi connectivity index (χ4n) is 5.09. The summed E-state index contributed by atoms with van der Waals surface area (Å²) in [6.45, 7) is -1.30. The van der Waals surface area contributed by atoms with Crippen LogP contribution in [0, 0.1) is 0 Å². The Morgan fingerprint density at radius 3 is 2.13 bits per heavy atom. The van der Waals surface area contributed by atoms with Crippen LogP contribution in [-0.2, 0) is 9.47 Å². The van der Waals surface area contributed by atoms with Crippen molar-refractivity contribution in [2.24, 2.45) is 0 Å². The Bertz CT molecular complexity index is 1400. The molecule has 2 aliphatic rings. The van der Waals surface area contributed by atoms with Crippen molar-refractivity contribution in [1.29, 1.82) is 0 Å². The maximum atomic E-state index is 13.4. The van der Waals surface area contributed by atoms with Crippen molar-refractivity contribution < 1.29 is 59.8 Å². The van der Waals surface area contributed by atoms with Gasteiger partial charge in [-0.1, -0.05) is 30.3 Å². The molecule has 2 aromatic carbocycles. The minimum atomic E-state index is -1.93. The second kappa shape index (κ2) is 10.5. The van der Waals surface area contributed by atoms with Crippen LogP contribution >= 0.6 is 0 Å². The van der Waals surface area contributed by atoms with Gasteiger partial charge in [-0.3, -0.25) is 4.79 Å². The van der Waals surface area contributed by atoms with Crippen LogP contribution in [0.3, 0.4) is 0 Å². The Morgan fingerprint density at radius 2 is 1.46 bits per heavy atom. The topological polar surface area (TPSA) is 231 Å². The molecule has 0 amide bonds. The van der Waals surface area contributed by atoms with E-state index in [9.17, 15) is 50.8 Å². The molecule has 0 radical (unpaired) electrons. The summed E-state index contributed by atoms with van der Waals surface area (Å²) in [6.07, 6.45) is -15.4. The van der Waals surface area contributed by atoms with E-state index in [0.717, 1.165) is 6.07 Å². The van der Waals surface area contributed by atoms with Gasteiger partial charge in [0.05, 0.1) is 24.3 Å². The molecule has 2 fully saturated rings. The Kier molecular flexibility index (Phi) is 7.37. The first-order valence-electron chi connectivity index (χ1n) is 12.1. The number of rotatable bonds is 4. The maximum Gasteiger partial charge on any atom is 0.197 e. The Hall–Kier alpha value is -3.11. The van der Waals surface area contributed by atoms with E-state index in [1.54, 1.807) is 30.3 Å². The van der Waals surface area contributed by atoms with Crippen LogP contribution < -0.4 is 5.43 Å². The van der Waals surface area contributed by atoms with Gasteiger partial charge in [-0.25, -0.2) is 0 Å². The van der Waals surface area contributed by atoms with E-state index < -0.39 is 107 Å². The molecule has 0 saturated carbocycles. The van der Waals surface area contributed by atoms with Crippen LogP contribution in [0.1, 0.15) is 23.3 Å². The van der Waals surface area contributed by atoms with Crippen molar-refractivity contribution in [2.75, 3.05) is 13.2 Å². The quantitative estimate of drug-likeness (QED) is 0.182. The van der Waals surface area contributed by atoms with Crippen LogP contribution in [-0.4, -0.2) is 102 Å². The summed E-state index contributed by atoms with van der Waals surface area (Å²) in [7, 11) is 0. The molecule has 0 spiro atoms. The zero-order valence-electron chi connectivity index (χ0n) is 20.2. The number of aliphatic hydroxyl groups excluding tert-OH is 7. The van der Waals surface area contributed by atoms with Gasteiger partial charge in [0.2, 0.25) is 0 Å². The van der Waals surface area contributed by atoms with Gasteiger partial charge in [-0.15, -0.1) is 0 Å². The second-order valence-electron chi connectivity index (χ2n) is 9.62. The lowest BCUT2D eigenvalue weighted by Crippen LogP contribution is -2.55. The Balaban J connectivity index is 1.81. The molecule has 2 saturated heterocycles. The molecule has 39 heavy (non-hydrogen) atoms. The van der Waals surface area contributed by atoms with E-state index in [2.05, 4.69) is 0 Å². The monoisotopic (exact) mass is 548 g/mol. The Morgan fingerprint density at radius 1 is 0.795 bits per heavy atom. The molecule has 3 aromatic rings. The predicted molar refractivity (Wildman–Crippen MR) is 131 cm³/mol.